The van der Waals surface area contributed by atoms with Gasteiger partial charge < -0.3 is 14.6 Å². The fourth-order valence-electron chi connectivity index (χ4n) is 2.73. The van der Waals surface area contributed by atoms with Crippen LogP contribution in [0.1, 0.15) is 30.5 Å². The molecule has 0 unspecified atom stereocenters. The summed E-state index contributed by atoms with van der Waals surface area (Å²) in [6.45, 7) is 5.14. The van der Waals surface area contributed by atoms with Crippen LogP contribution in [0.5, 0.6) is 17.2 Å². The topological polar surface area (TPSA) is 51.0 Å². The molecule has 2 aromatic carbocycles. The minimum atomic E-state index is 0.208. The molecule has 1 atom stereocenters. The number of phenolic OH excluding ortho intramolecular Hbond substituents is 1. The van der Waals surface area contributed by atoms with E-state index >= 15 is 0 Å². The maximum atomic E-state index is 9.77. The Labute approximate surface area is 136 Å². The van der Waals surface area contributed by atoms with Crippen molar-refractivity contribution in [2.45, 2.75) is 32.9 Å². The van der Waals surface area contributed by atoms with Crippen molar-refractivity contribution < 1.29 is 14.6 Å². The first kappa shape index (κ1) is 15.4. The van der Waals surface area contributed by atoms with E-state index in [2.05, 4.69) is 18.0 Å². The predicted molar refractivity (Wildman–Crippen MR) is 90.8 cm³/mol. The Morgan fingerprint density at radius 2 is 2.17 bits per heavy atom. The second-order valence-corrected chi connectivity index (χ2v) is 5.66. The number of rotatable bonds is 5. The van der Waals surface area contributed by atoms with E-state index in [1.807, 2.05) is 25.1 Å². The number of ether oxygens (including phenoxy) is 2. The lowest BCUT2D eigenvalue weighted by atomic mass is 10.1. The van der Waals surface area contributed by atoms with Crippen LogP contribution in [0.3, 0.4) is 0 Å². The Hall–Kier alpha value is -2.49. The lowest BCUT2D eigenvalue weighted by molar-refractivity contribution is 0.254. The van der Waals surface area contributed by atoms with Gasteiger partial charge in [-0.3, -0.25) is 4.99 Å². The van der Waals surface area contributed by atoms with Gasteiger partial charge in [-0.1, -0.05) is 12.1 Å². The van der Waals surface area contributed by atoms with Crippen LogP contribution in [0, 0.1) is 0 Å². The van der Waals surface area contributed by atoms with Gasteiger partial charge in [0.05, 0.1) is 13.2 Å². The molecule has 0 bridgehead atoms. The summed E-state index contributed by atoms with van der Waals surface area (Å²) in [5.74, 6) is 2.01. The molecule has 0 amide bonds. The monoisotopic (exact) mass is 311 g/mol. The number of aromatic hydroxyl groups is 1. The summed E-state index contributed by atoms with van der Waals surface area (Å²) in [5.41, 5.74) is 2.89. The Balaban J connectivity index is 1.82. The van der Waals surface area contributed by atoms with Gasteiger partial charge in [-0.05, 0) is 38.1 Å². The molecule has 0 saturated heterocycles. The minimum Gasteiger partial charge on any atom is -0.507 e. The highest BCUT2D eigenvalue weighted by Gasteiger charge is 2.21. The fourth-order valence-corrected chi connectivity index (χ4v) is 2.73. The molecule has 1 N–H and O–H groups in total. The number of hydrogen-bond donors (Lipinski definition) is 1. The number of nitrogens with zero attached hydrogens (tertiary/aromatic N) is 1. The van der Waals surface area contributed by atoms with E-state index < -0.39 is 0 Å². The molecule has 3 rings (SSSR count). The van der Waals surface area contributed by atoms with Crippen molar-refractivity contribution in [2.75, 3.05) is 6.61 Å². The third-order valence-electron chi connectivity index (χ3n) is 3.81. The van der Waals surface area contributed by atoms with Gasteiger partial charge in [0.2, 0.25) is 0 Å². The molecule has 0 fully saturated rings. The van der Waals surface area contributed by atoms with Crippen LogP contribution < -0.4 is 9.47 Å². The van der Waals surface area contributed by atoms with Crippen molar-refractivity contribution in [2.24, 2.45) is 4.99 Å². The summed E-state index contributed by atoms with van der Waals surface area (Å²) in [5, 5.41) is 9.77. The van der Waals surface area contributed by atoms with Gasteiger partial charge in [0.1, 0.15) is 23.4 Å². The lowest BCUT2D eigenvalue weighted by Crippen LogP contribution is -2.05. The van der Waals surface area contributed by atoms with E-state index in [0.29, 0.717) is 18.7 Å². The zero-order valence-corrected chi connectivity index (χ0v) is 13.5. The molecule has 4 nitrogen and oxygen atoms in total. The van der Waals surface area contributed by atoms with Crippen molar-refractivity contribution in [3.8, 4) is 17.2 Å². The number of phenols is 1. The van der Waals surface area contributed by atoms with Crippen LogP contribution in [0.15, 0.2) is 41.4 Å². The van der Waals surface area contributed by atoms with Gasteiger partial charge >= 0.3 is 0 Å². The highest BCUT2D eigenvalue weighted by molar-refractivity contribution is 5.83. The van der Waals surface area contributed by atoms with Crippen LogP contribution in [0.2, 0.25) is 0 Å². The molecule has 0 aliphatic carbocycles. The van der Waals surface area contributed by atoms with Crippen LogP contribution in [0.25, 0.3) is 0 Å². The van der Waals surface area contributed by atoms with Gasteiger partial charge in [0.15, 0.2) is 0 Å². The van der Waals surface area contributed by atoms with Crippen LogP contribution >= 0.6 is 0 Å². The predicted octanol–water partition coefficient (Wildman–Crippen LogP) is 3.73. The molecular weight excluding hydrogens is 290 g/mol. The molecular formula is C19H21NO3. The maximum Gasteiger partial charge on any atom is 0.124 e. The van der Waals surface area contributed by atoms with Crippen molar-refractivity contribution in [1.29, 1.82) is 0 Å². The van der Waals surface area contributed by atoms with Gasteiger partial charge in [0.25, 0.3) is 0 Å². The number of para-hydroxylation sites is 1. The Kier molecular flexibility index (Phi) is 4.51. The highest BCUT2D eigenvalue weighted by Crippen LogP contribution is 2.35. The van der Waals surface area contributed by atoms with Crippen molar-refractivity contribution in [3.05, 3.63) is 53.1 Å². The molecule has 1 heterocycles. The summed E-state index contributed by atoms with van der Waals surface area (Å²) in [7, 11) is 0. The Morgan fingerprint density at radius 1 is 1.35 bits per heavy atom. The molecule has 0 radical (unpaired) electrons. The third kappa shape index (κ3) is 3.47. The molecule has 0 saturated carbocycles. The Morgan fingerprint density at radius 3 is 2.96 bits per heavy atom. The molecule has 1 aliphatic rings. The van der Waals surface area contributed by atoms with E-state index in [4.69, 9.17) is 9.47 Å². The van der Waals surface area contributed by atoms with Crippen LogP contribution in [-0.2, 0) is 13.0 Å². The summed E-state index contributed by atoms with van der Waals surface area (Å²) in [6.07, 6.45) is 2.80. The molecule has 1 aliphatic heterocycles. The summed E-state index contributed by atoms with van der Waals surface area (Å²) in [6, 6.07) is 11.2. The number of hydrogen-bond acceptors (Lipinski definition) is 4. The average molecular weight is 311 g/mol. The smallest absolute Gasteiger partial charge is 0.124 e. The van der Waals surface area contributed by atoms with Gasteiger partial charge in [-0.2, -0.15) is 0 Å². The van der Waals surface area contributed by atoms with Crippen LogP contribution in [0.4, 0.5) is 0 Å². The average Bonchev–Trinajstić information content (AvgIpc) is 2.88. The quantitative estimate of drug-likeness (QED) is 0.856. The molecule has 4 heteroatoms. The van der Waals surface area contributed by atoms with E-state index in [1.165, 1.54) is 5.56 Å². The second kappa shape index (κ2) is 6.73. The zero-order chi connectivity index (χ0) is 16.2. The van der Waals surface area contributed by atoms with Crippen molar-refractivity contribution in [1.82, 2.24) is 0 Å². The molecule has 0 spiro atoms. The SMILES string of the molecule is CCOc1cc2c(cc1CN=Cc1ccccc1O)O[C@@H](C)C2. The normalized spacial score (nSPS) is 16.3. The number of benzene rings is 2. The minimum absolute atomic E-state index is 0.208. The Bertz CT molecular complexity index is 725. The number of fused-ring (bicyclic) bond motifs is 1. The first-order valence-electron chi connectivity index (χ1n) is 7.90. The third-order valence-corrected chi connectivity index (χ3v) is 3.81. The van der Waals surface area contributed by atoms with Gasteiger partial charge in [-0.15, -0.1) is 0 Å². The first-order valence-corrected chi connectivity index (χ1v) is 7.90. The number of aliphatic imine (C=N–C) groups is 1. The van der Waals surface area contributed by atoms with Crippen molar-refractivity contribution >= 4 is 6.21 Å². The van der Waals surface area contributed by atoms with E-state index in [9.17, 15) is 5.11 Å². The molecule has 120 valence electrons. The van der Waals surface area contributed by atoms with E-state index in [1.54, 1.807) is 18.3 Å². The van der Waals surface area contributed by atoms with Crippen LogP contribution in [-0.4, -0.2) is 24.0 Å². The summed E-state index contributed by atoms with van der Waals surface area (Å²) in [4.78, 5) is 4.44. The zero-order valence-electron chi connectivity index (χ0n) is 13.5. The van der Waals surface area contributed by atoms with Crippen molar-refractivity contribution in [3.63, 3.8) is 0 Å². The summed E-state index contributed by atoms with van der Waals surface area (Å²) >= 11 is 0. The molecule has 23 heavy (non-hydrogen) atoms. The van der Waals surface area contributed by atoms with E-state index in [0.717, 1.165) is 23.5 Å². The first-order chi connectivity index (χ1) is 11.2. The molecule has 2 aromatic rings. The molecule has 0 aromatic heterocycles. The standard InChI is InChI=1S/C19H21NO3/c1-3-22-18-9-15-8-13(2)23-19(15)10-16(18)12-20-11-14-6-4-5-7-17(14)21/h4-7,9-11,13,21H,3,8,12H2,1-2H3/t13-/m0/s1. The van der Waals surface area contributed by atoms with Gasteiger partial charge in [0, 0.05) is 29.3 Å². The lowest BCUT2D eigenvalue weighted by Gasteiger charge is -2.11. The largest absolute Gasteiger partial charge is 0.507 e. The van der Waals surface area contributed by atoms with E-state index in [-0.39, 0.29) is 11.9 Å². The second-order valence-electron chi connectivity index (χ2n) is 5.66. The highest BCUT2D eigenvalue weighted by atomic mass is 16.5. The fraction of sp³-hybridized carbons (Fsp3) is 0.316. The maximum absolute atomic E-state index is 9.77. The van der Waals surface area contributed by atoms with Gasteiger partial charge in [-0.25, -0.2) is 0 Å². The summed E-state index contributed by atoms with van der Waals surface area (Å²) < 4.78 is 11.6.